The van der Waals surface area contributed by atoms with Crippen molar-refractivity contribution in [1.82, 2.24) is 15.2 Å². The molecular formula is C24H36FN3O2. The third kappa shape index (κ3) is 4.85. The quantitative estimate of drug-likeness (QED) is 0.759. The minimum Gasteiger partial charge on any atom is -0.351 e. The number of hydrogen-bond acceptors (Lipinski definition) is 2. The second kappa shape index (κ2) is 8.78. The molecule has 0 bridgehead atoms. The van der Waals surface area contributed by atoms with Crippen molar-refractivity contribution in [3.05, 3.63) is 35.5 Å². The highest BCUT2D eigenvalue weighted by atomic mass is 19.1. The first kappa shape index (κ1) is 23.9. The Morgan fingerprint density at radius 2 is 1.90 bits per heavy atom. The number of halogens is 1. The Kier molecular flexibility index (Phi) is 7.00. The first-order valence-corrected chi connectivity index (χ1v) is 10.5. The Morgan fingerprint density at radius 3 is 2.40 bits per heavy atom. The second-order valence-corrected chi connectivity index (χ2v) is 10.1. The monoisotopic (exact) mass is 417 g/mol. The fraction of sp³-hybridized carbons (Fsp3) is 0.583. The molecule has 1 aliphatic heterocycles. The van der Waals surface area contributed by atoms with Crippen LogP contribution in [0, 0.1) is 23.7 Å². The lowest BCUT2D eigenvalue weighted by Crippen LogP contribution is -2.54. The average molecular weight is 418 g/mol. The molecule has 3 rings (SSSR count). The van der Waals surface area contributed by atoms with Crippen LogP contribution in [0.4, 0.5) is 4.39 Å². The summed E-state index contributed by atoms with van der Waals surface area (Å²) in [6, 6.07) is 7.24. The summed E-state index contributed by atoms with van der Waals surface area (Å²) in [4.78, 5) is 31.4. The molecule has 2 aromatic rings. The van der Waals surface area contributed by atoms with Crippen molar-refractivity contribution in [1.29, 1.82) is 0 Å². The number of rotatable bonds is 3. The lowest BCUT2D eigenvalue weighted by Gasteiger charge is -2.33. The highest BCUT2D eigenvalue weighted by molar-refractivity contribution is 6.01. The molecule has 0 spiro atoms. The van der Waals surface area contributed by atoms with Crippen LogP contribution in [-0.4, -0.2) is 48.0 Å². The third-order valence-corrected chi connectivity index (χ3v) is 6.25. The topological polar surface area (TPSA) is 65.2 Å². The van der Waals surface area contributed by atoms with E-state index < -0.39 is 6.04 Å². The maximum absolute atomic E-state index is 13.3. The van der Waals surface area contributed by atoms with Gasteiger partial charge >= 0.3 is 0 Å². The van der Waals surface area contributed by atoms with E-state index in [0.717, 1.165) is 29.6 Å². The predicted octanol–water partition coefficient (Wildman–Crippen LogP) is 4.71. The highest BCUT2D eigenvalue weighted by Crippen LogP contribution is 2.36. The maximum Gasteiger partial charge on any atom is 0.268 e. The third-order valence-electron chi connectivity index (χ3n) is 6.25. The molecule has 5 nitrogen and oxygen atoms in total. The van der Waals surface area contributed by atoms with Crippen LogP contribution in [0.1, 0.15) is 57.6 Å². The van der Waals surface area contributed by atoms with Gasteiger partial charge in [-0.15, -0.1) is 0 Å². The van der Waals surface area contributed by atoms with Crippen molar-refractivity contribution in [3.63, 3.8) is 0 Å². The van der Waals surface area contributed by atoms with Gasteiger partial charge in [-0.3, -0.25) is 14.0 Å². The zero-order valence-corrected chi connectivity index (χ0v) is 19.5. The lowest BCUT2D eigenvalue weighted by atomic mass is 9.83. The van der Waals surface area contributed by atoms with Gasteiger partial charge in [0, 0.05) is 24.0 Å². The number of carbonyl (C=O) groups excluding carboxylic acids is 2. The zero-order chi connectivity index (χ0) is 22.9. The van der Waals surface area contributed by atoms with Gasteiger partial charge in [-0.2, -0.15) is 0 Å². The Hall–Kier alpha value is -2.37. The number of likely N-dealkylation sites (tertiary alicyclic amines) is 1. The summed E-state index contributed by atoms with van der Waals surface area (Å²) in [6.45, 7) is 16.0. The van der Waals surface area contributed by atoms with Crippen LogP contribution >= 0.6 is 0 Å². The molecule has 0 radical (unpaired) electrons. The summed E-state index contributed by atoms with van der Waals surface area (Å²) in [5, 5.41) is 4.04. The van der Waals surface area contributed by atoms with E-state index in [-0.39, 0.29) is 22.6 Å². The van der Waals surface area contributed by atoms with Crippen molar-refractivity contribution >= 4 is 22.7 Å². The predicted molar refractivity (Wildman–Crippen MR) is 120 cm³/mol. The van der Waals surface area contributed by atoms with Gasteiger partial charge in [0.2, 0.25) is 5.91 Å². The molecule has 6 heteroatoms. The van der Waals surface area contributed by atoms with Crippen LogP contribution in [0.3, 0.4) is 0 Å². The molecule has 1 aliphatic rings. The van der Waals surface area contributed by atoms with E-state index in [9.17, 15) is 14.0 Å². The average Bonchev–Trinajstić information content (AvgIpc) is 3.22. The molecule has 2 N–H and O–H groups in total. The number of fused-ring (bicyclic) bond motifs is 1. The molecule has 0 saturated carbocycles. The van der Waals surface area contributed by atoms with E-state index >= 15 is 0 Å². The largest absolute Gasteiger partial charge is 0.351 e. The van der Waals surface area contributed by atoms with Crippen LogP contribution in [0.5, 0.6) is 0 Å². The van der Waals surface area contributed by atoms with Gasteiger partial charge in [-0.1, -0.05) is 53.7 Å². The van der Waals surface area contributed by atoms with Crippen LogP contribution in [0.15, 0.2) is 24.3 Å². The van der Waals surface area contributed by atoms with E-state index in [0.29, 0.717) is 18.8 Å². The van der Waals surface area contributed by atoms with E-state index in [1.165, 1.54) is 0 Å². The van der Waals surface area contributed by atoms with Gasteiger partial charge in [0.1, 0.15) is 11.7 Å². The van der Waals surface area contributed by atoms with Gasteiger partial charge < -0.3 is 15.2 Å². The van der Waals surface area contributed by atoms with E-state index in [1.807, 2.05) is 56.9 Å². The van der Waals surface area contributed by atoms with Crippen molar-refractivity contribution in [3.8, 4) is 0 Å². The Labute approximate surface area is 179 Å². The number of alkyl halides is 1. The molecular weight excluding hydrogens is 381 g/mol. The van der Waals surface area contributed by atoms with E-state index in [1.54, 1.807) is 0 Å². The molecule has 0 unspecified atom stereocenters. The van der Waals surface area contributed by atoms with Crippen LogP contribution in [0.2, 0.25) is 0 Å². The van der Waals surface area contributed by atoms with Crippen molar-refractivity contribution in [2.24, 2.45) is 16.7 Å². The normalized spacial score (nSPS) is 19.2. The number of carbonyl (C=O) groups is 2. The zero-order valence-electron chi connectivity index (χ0n) is 19.5. The summed E-state index contributed by atoms with van der Waals surface area (Å²) in [5.74, 6) is 0.199. The first-order chi connectivity index (χ1) is 13.9. The summed E-state index contributed by atoms with van der Waals surface area (Å²) >= 11 is 0. The van der Waals surface area contributed by atoms with Gasteiger partial charge in [0.25, 0.3) is 5.91 Å². The number of aryl methyl sites for hydroxylation is 1. The molecule has 1 saturated heterocycles. The number of nitrogens with one attached hydrogen (secondary N) is 2. The number of hydrogen-bond donors (Lipinski definition) is 2. The number of nitrogens with zero attached hydrogens (tertiary/aromatic N) is 1. The van der Waals surface area contributed by atoms with Gasteiger partial charge in [0.15, 0.2) is 0 Å². The molecule has 1 aromatic heterocycles. The molecule has 2 atom stereocenters. The summed E-state index contributed by atoms with van der Waals surface area (Å²) in [6.07, 6.45) is 0. The standard InChI is InChI=1S/C23H33N3O2.CH3F/c1-14-9-8-10-17-16(14)11-18(24-17)20(27)25-19(22(3,4)5)21(28)26-12-15(2)23(6,7)13-26;1-2/h8-11,15,19,24H,12-13H2,1-7H3,(H,25,27);1H3/t15-,19-;/m1./s1. The van der Waals surface area contributed by atoms with Crippen LogP contribution < -0.4 is 5.32 Å². The first-order valence-electron chi connectivity index (χ1n) is 10.5. The number of aromatic amines is 1. The van der Waals surface area contributed by atoms with Gasteiger partial charge in [-0.25, -0.2) is 0 Å². The van der Waals surface area contributed by atoms with Gasteiger partial charge in [0.05, 0.1) is 7.18 Å². The summed E-state index contributed by atoms with van der Waals surface area (Å²) < 4.78 is 9.50. The van der Waals surface area contributed by atoms with Crippen molar-refractivity contribution < 1.29 is 14.0 Å². The van der Waals surface area contributed by atoms with Crippen LogP contribution in [-0.2, 0) is 4.79 Å². The molecule has 1 aromatic carbocycles. The van der Waals surface area contributed by atoms with Crippen molar-refractivity contribution in [2.75, 3.05) is 20.3 Å². The molecule has 2 amide bonds. The minimum absolute atomic E-state index is 0.00515. The summed E-state index contributed by atoms with van der Waals surface area (Å²) in [7, 11) is 0.500. The molecule has 166 valence electrons. The number of amides is 2. The SMILES string of the molecule is CF.Cc1cccc2[nH]c(C(=O)N[C@H](C(=O)N3C[C@@H](C)C(C)(C)C3)C(C)(C)C)cc12. The second-order valence-electron chi connectivity index (χ2n) is 10.1. The van der Waals surface area contributed by atoms with Crippen molar-refractivity contribution in [2.45, 2.75) is 54.5 Å². The molecule has 30 heavy (non-hydrogen) atoms. The van der Waals surface area contributed by atoms with E-state index in [2.05, 4.69) is 31.1 Å². The Bertz CT molecular complexity index is 911. The number of aromatic nitrogens is 1. The Morgan fingerprint density at radius 1 is 1.27 bits per heavy atom. The fourth-order valence-corrected chi connectivity index (χ4v) is 3.93. The smallest absolute Gasteiger partial charge is 0.268 e. The highest BCUT2D eigenvalue weighted by Gasteiger charge is 2.43. The fourth-order valence-electron chi connectivity index (χ4n) is 3.93. The maximum atomic E-state index is 13.3. The van der Waals surface area contributed by atoms with E-state index in [4.69, 9.17) is 0 Å². The van der Waals surface area contributed by atoms with Crippen LogP contribution in [0.25, 0.3) is 10.9 Å². The molecule has 1 fully saturated rings. The molecule has 2 heterocycles. The number of H-pyrrole nitrogens is 1. The minimum atomic E-state index is -0.575. The summed E-state index contributed by atoms with van der Waals surface area (Å²) in [5.41, 5.74) is 2.24. The number of benzene rings is 1. The van der Waals surface area contributed by atoms with Gasteiger partial charge in [-0.05, 0) is 41.4 Å². The Balaban J connectivity index is 0.00000155. The lowest BCUT2D eigenvalue weighted by molar-refractivity contribution is -0.135. The molecule has 0 aliphatic carbocycles.